The molecule has 4 atom stereocenters. The highest BCUT2D eigenvalue weighted by Gasteiger charge is 2.40. The Morgan fingerprint density at radius 2 is 1.82 bits per heavy atom. The van der Waals surface area contributed by atoms with Gasteiger partial charge in [-0.05, 0) is 32.8 Å². The van der Waals surface area contributed by atoms with Crippen LogP contribution in [0.5, 0.6) is 0 Å². The quantitative estimate of drug-likeness (QED) is 0.857. The van der Waals surface area contributed by atoms with Crippen molar-refractivity contribution in [1.82, 2.24) is 9.80 Å². The van der Waals surface area contributed by atoms with Crippen molar-refractivity contribution in [3.05, 3.63) is 35.9 Å². The fourth-order valence-corrected chi connectivity index (χ4v) is 4.19. The zero-order valence-electron chi connectivity index (χ0n) is 14.0. The Balaban J connectivity index is 1.70. The molecule has 3 heteroatoms. The first kappa shape index (κ1) is 15.7. The molecule has 0 N–H and O–H groups in total. The lowest BCUT2D eigenvalue weighted by Crippen LogP contribution is -2.62. The van der Waals surface area contributed by atoms with E-state index in [4.69, 9.17) is 0 Å². The number of nitrogens with zero attached hydrogens (tertiary/aromatic N) is 2. The maximum Gasteiger partial charge on any atom is 0.134 e. The minimum Gasteiger partial charge on any atom is -0.300 e. The van der Waals surface area contributed by atoms with Gasteiger partial charge in [0, 0.05) is 50.1 Å². The maximum atomic E-state index is 11.6. The number of hydrogen-bond acceptors (Lipinski definition) is 3. The van der Waals surface area contributed by atoms with Crippen molar-refractivity contribution in [1.29, 1.82) is 0 Å². The van der Waals surface area contributed by atoms with Crippen LogP contribution < -0.4 is 0 Å². The Morgan fingerprint density at radius 1 is 1.09 bits per heavy atom. The summed E-state index contributed by atoms with van der Waals surface area (Å²) in [5, 5.41) is 0. The van der Waals surface area contributed by atoms with Crippen LogP contribution in [0.1, 0.15) is 45.6 Å². The monoisotopic (exact) mass is 300 g/mol. The van der Waals surface area contributed by atoms with Gasteiger partial charge in [0.25, 0.3) is 0 Å². The van der Waals surface area contributed by atoms with Crippen LogP contribution in [0.15, 0.2) is 30.3 Å². The topological polar surface area (TPSA) is 23.6 Å². The Bertz CT molecular complexity index is 515. The highest BCUT2D eigenvalue weighted by molar-refractivity contribution is 5.81. The Morgan fingerprint density at radius 3 is 2.45 bits per heavy atom. The minimum atomic E-state index is 0.448. The third-order valence-electron chi connectivity index (χ3n) is 5.68. The summed E-state index contributed by atoms with van der Waals surface area (Å²) in [7, 11) is 0. The molecule has 1 aliphatic heterocycles. The minimum absolute atomic E-state index is 0.448. The average molecular weight is 300 g/mol. The molecule has 1 saturated carbocycles. The molecule has 1 saturated heterocycles. The average Bonchev–Trinajstić information content (AvgIpc) is 2.95. The number of hydrogen-bond donors (Lipinski definition) is 0. The zero-order chi connectivity index (χ0) is 15.7. The van der Waals surface area contributed by atoms with E-state index < -0.39 is 0 Å². The van der Waals surface area contributed by atoms with Crippen LogP contribution in [-0.2, 0) is 11.3 Å². The smallest absolute Gasteiger partial charge is 0.134 e. The second kappa shape index (κ2) is 6.51. The molecule has 0 spiro atoms. The van der Waals surface area contributed by atoms with Crippen molar-refractivity contribution in [2.75, 3.05) is 6.54 Å². The number of piperazine rings is 1. The van der Waals surface area contributed by atoms with Gasteiger partial charge in [0.15, 0.2) is 0 Å². The van der Waals surface area contributed by atoms with Gasteiger partial charge in [-0.15, -0.1) is 0 Å². The van der Waals surface area contributed by atoms with Crippen LogP contribution in [0.25, 0.3) is 0 Å². The molecule has 0 amide bonds. The van der Waals surface area contributed by atoms with Crippen molar-refractivity contribution in [3.8, 4) is 0 Å². The summed E-state index contributed by atoms with van der Waals surface area (Å²) in [6, 6.07) is 12.8. The maximum absolute atomic E-state index is 11.6. The van der Waals surface area contributed by atoms with Crippen LogP contribution in [0.3, 0.4) is 0 Å². The SMILES string of the molecule is CC1CN(C2CCC(=O)C2)C(C)C(C)N1Cc1ccccc1. The lowest BCUT2D eigenvalue weighted by Gasteiger charge is -2.51. The molecule has 1 aliphatic carbocycles. The Labute approximate surface area is 134 Å². The summed E-state index contributed by atoms with van der Waals surface area (Å²) < 4.78 is 0. The van der Waals surface area contributed by atoms with Crippen LogP contribution in [0.4, 0.5) is 0 Å². The van der Waals surface area contributed by atoms with Gasteiger partial charge < -0.3 is 0 Å². The van der Waals surface area contributed by atoms with E-state index in [1.165, 1.54) is 5.56 Å². The van der Waals surface area contributed by atoms with E-state index in [0.29, 0.717) is 30.0 Å². The van der Waals surface area contributed by atoms with Crippen LogP contribution in [-0.4, -0.2) is 46.3 Å². The van der Waals surface area contributed by atoms with Gasteiger partial charge in [0.1, 0.15) is 5.78 Å². The first-order valence-corrected chi connectivity index (χ1v) is 8.63. The predicted octanol–water partition coefficient (Wildman–Crippen LogP) is 3.09. The molecular formula is C19H28N2O. The fraction of sp³-hybridized carbons (Fsp3) is 0.632. The summed E-state index contributed by atoms with van der Waals surface area (Å²) in [5.41, 5.74) is 1.39. The van der Waals surface area contributed by atoms with Gasteiger partial charge in [-0.2, -0.15) is 0 Å². The van der Waals surface area contributed by atoms with E-state index in [0.717, 1.165) is 32.4 Å². The molecule has 2 fully saturated rings. The van der Waals surface area contributed by atoms with Gasteiger partial charge in [0.2, 0.25) is 0 Å². The highest BCUT2D eigenvalue weighted by atomic mass is 16.1. The van der Waals surface area contributed by atoms with Crippen molar-refractivity contribution in [2.24, 2.45) is 0 Å². The molecule has 1 aromatic carbocycles. The predicted molar refractivity (Wildman–Crippen MR) is 89.7 cm³/mol. The lowest BCUT2D eigenvalue weighted by atomic mass is 9.96. The third-order valence-corrected chi connectivity index (χ3v) is 5.68. The molecule has 0 bridgehead atoms. The van der Waals surface area contributed by atoms with E-state index in [1.807, 2.05) is 0 Å². The molecule has 3 rings (SSSR count). The van der Waals surface area contributed by atoms with Crippen molar-refractivity contribution < 1.29 is 4.79 Å². The van der Waals surface area contributed by atoms with Crippen molar-refractivity contribution >= 4 is 5.78 Å². The van der Waals surface area contributed by atoms with Gasteiger partial charge in [-0.25, -0.2) is 0 Å². The van der Waals surface area contributed by atoms with Crippen molar-refractivity contribution in [2.45, 2.75) is 70.7 Å². The molecule has 3 nitrogen and oxygen atoms in total. The van der Waals surface area contributed by atoms with Crippen LogP contribution >= 0.6 is 0 Å². The Hall–Kier alpha value is -1.19. The molecular weight excluding hydrogens is 272 g/mol. The number of benzene rings is 1. The number of rotatable bonds is 3. The van der Waals surface area contributed by atoms with Gasteiger partial charge in [-0.1, -0.05) is 30.3 Å². The highest BCUT2D eigenvalue weighted by Crippen LogP contribution is 2.30. The number of carbonyl (C=O) groups is 1. The van der Waals surface area contributed by atoms with E-state index >= 15 is 0 Å². The number of carbonyl (C=O) groups excluding carboxylic acids is 1. The van der Waals surface area contributed by atoms with Gasteiger partial charge in [0.05, 0.1) is 0 Å². The second-order valence-electron chi connectivity index (χ2n) is 7.12. The molecule has 0 aromatic heterocycles. The standard InChI is InChI=1S/C19H28N2O/c1-14-12-21(18-9-10-19(22)11-18)16(3)15(2)20(14)13-17-7-5-4-6-8-17/h4-8,14-16,18H,9-13H2,1-3H3. The van der Waals surface area contributed by atoms with E-state index in [1.54, 1.807) is 0 Å². The summed E-state index contributed by atoms with van der Waals surface area (Å²) in [4.78, 5) is 16.9. The van der Waals surface area contributed by atoms with E-state index in [2.05, 4.69) is 60.9 Å². The Kier molecular flexibility index (Phi) is 4.65. The molecule has 120 valence electrons. The van der Waals surface area contributed by atoms with Crippen LogP contribution in [0.2, 0.25) is 0 Å². The molecule has 0 radical (unpaired) electrons. The molecule has 1 aromatic rings. The lowest BCUT2D eigenvalue weighted by molar-refractivity contribution is -0.118. The van der Waals surface area contributed by atoms with Crippen molar-refractivity contribution in [3.63, 3.8) is 0 Å². The summed E-state index contributed by atoms with van der Waals surface area (Å²) >= 11 is 0. The number of Topliss-reactive ketones (excluding diaryl/α,β-unsaturated/α-hetero) is 1. The molecule has 22 heavy (non-hydrogen) atoms. The molecule has 2 aliphatic rings. The second-order valence-corrected chi connectivity index (χ2v) is 7.12. The zero-order valence-corrected chi connectivity index (χ0v) is 14.0. The first-order chi connectivity index (χ1) is 10.6. The van der Waals surface area contributed by atoms with Gasteiger partial charge in [-0.3, -0.25) is 14.6 Å². The third kappa shape index (κ3) is 3.11. The summed E-state index contributed by atoms with van der Waals surface area (Å²) in [6.45, 7) is 9.10. The fourth-order valence-electron chi connectivity index (χ4n) is 4.19. The van der Waals surface area contributed by atoms with Gasteiger partial charge >= 0.3 is 0 Å². The normalized spacial score (nSPS) is 34.2. The molecule has 4 unspecified atom stereocenters. The summed E-state index contributed by atoms with van der Waals surface area (Å²) in [5.74, 6) is 0.448. The summed E-state index contributed by atoms with van der Waals surface area (Å²) in [6.07, 6.45) is 2.61. The van der Waals surface area contributed by atoms with E-state index in [-0.39, 0.29) is 0 Å². The molecule has 1 heterocycles. The van der Waals surface area contributed by atoms with Crippen LogP contribution in [0, 0.1) is 0 Å². The number of ketones is 1. The first-order valence-electron chi connectivity index (χ1n) is 8.63. The van der Waals surface area contributed by atoms with E-state index in [9.17, 15) is 4.79 Å². The largest absolute Gasteiger partial charge is 0.300 e.